The second-order valence-corrected chi connectivity index (χ2v) is 8.08. The summed E-state index contributed by atoms with van der Waals surface area (Å²) in [6.07, 6.45) is 0.531. The molecule has 6 nitrogen and oxygen atoms in total. The first kappa shape index (κ1) is 21.8. The highest BCUT2D eigenvalue weighted by atomic mass is 32.1. The van der Waals surface area contributed by atoms with Crippen LogP contribution in [0, 0.1) is 0 Å². The largest absolute Gasteiger partial charge is 0.366 e. The number of rotatable bonds is 4. The lowest BCUT2D eigenvalue weighted by molar-refractivity contribution is -0.131. The van der Waals surface area contributed by atoms with E-state index >= 15 is 0 Å². The van der Waals surface area contributed by atoms with E-state index in [1.165, 1.54) is 0 Å². The molecule has 0 unspecified atom stereocenters. The lowest BCUT2D eigenvalue weighted by Gasteiger charge is -2.37. The highest BCUT2D eigenvalue weighted by Crippen LogP contribution is 2.27. The van der Waals surface area contributed by atoms with Crippen molar-refractivity contribution >= 4 is 51.3 Å². The van der Waals surface area contributed by atoms with Crippen LogP contribution < -0.4 is 15.5 Å². The van der Waals surface area contributed by atoms with Gasteiger partial charge in [-0.2, -0.15) is 0 Å². The van der Waals surface area contributed by atoms with Crippen LogP contribution in [-0.4, -0.2) is 48.0 Å². The fourth-order valence-corrected chi connectivity index (χ4v) is 4.23. The number of hydrogen-bond acceptors (Lipinski definition) is 4. The molecule has 3 aromatic rings. The van der Waals surface area contributed by atoms with E-state index in [1.807, 2.05) is 72.5 Å². The summed E-state index contributed by atoms with van der Waals surface area (Å²) in [5.41, 5.74) is 2.40. The van der Waals surface area contributed by atoms with Crippen LogP contribution in [0.3, 0.4) is 0 Å². The number of carbonyl (C=O) groups excluding carboxylic acids is 2. The Labute approximate surface area is 193 Å². The van der Waals surface area contributed by atoms with Gasteiger partial charge in [-0.25, -0.2) is 0 Å². The van der Waals surface area contributed by atoms with Crippen LogP contribution in [0.25, 0.3) is 10.8 Å². The maximum Gasteiger partial charge on any atom is 0.258 e. The number of carbonyl (C=O) groups is 2. The van der Waals surface area contributed by atoms with Gasteiger partial charge in [0.2, 0.25) is 5.91 Å². The van der Waals surface area contributed by atoms with Crippen LogP contribution in [0.2, 0.25) is 0 Å². The average Bonchev–Trinajstić information content (AvgIpc) is 2.83. The predicted molar refractivity (Wildman–Crippen MR) is 133 cm³/mol. The number of para-hydroxylation sites is 2. The van der Waals surface area contributed by atoms with Crippen LogP contribution >= 0.6 is 12.2 Å². The molecule has 1 aliphatic heterocycles. The van der Waals surface area contributed by atoms with E-state index < -0.39 is 0 Å². The minimum Gasteiger partial charge on any atom is -0.366 e. The number of nitrogens with one attached hydrogen (secondary N) is 2. The van der Waals surface area contributed by atoms with Gasteiger partial charge < -0.3 is 15.1 Å². The number of piperazine rings is 1. The number of amides is 2. The first-order valence-corrected chi connectivity index (χ1v) is 11.2. The molecular formula is C25H26N4O2S. The number of benzene rings is 3. The van der Waals surface area contributed by atoms with E-state index in [1.54, 1.807) is 6.07 Å². The molecule has 0 radical (unpaired) electrons. The molecule has 0 spiro atoms. The summed E-state index contributed by atoms with van der Waals surface area (Å²) in [6.45, 7) is 4.78. The topological polar surface area (TPSA) is 64.7 Å². The van der Waals surface area contributed by atoms with E-state index in [0.29, 0.717) is 25.1 Å². The Bertz CT molecular complexity index is 1150. The molecule has 0 aromatic heterocycles. The molecule has 1 saturated heterocycles. The fourth-order valence-electron chi connectivity index (χ4n) is 4.02. The Morgan fingerprint density at radius 2 is 1.59 bits per heavy atom. The number of hydrogen-bond donors (Lipinski definition) is 2. The van der Waals surface area contributed by atoms with Gasteiger partial charge in [-0.1, -0.05) is 55.5 Å². The van der Waals surface area contributed by atoms with Crippen LogP contribution in [0.1, 0.15) is 23.7 Å². The van der Waals surface area contributed by atoms with Crippen molar-refractivity contribution in [3.8, 4) is 0 Å². The molecule has 164 valence electrons. The van der Waals surface area contributed by atoms with Crippen LogP contribution in [0.15, 0.2) is 66.7 Å². The molecule has 32 heavy (non-hydrogen) atoms. The molecule has 0 bridgehead atoms. The SMILES string of the molecule is CCC(=O)N1CCN(c2ccccc2NC(=S)NC(=O)c2cccc3ccccc23)CC1. The van der Waals surface area contributed by atoms with E-state index in [0.717, 1.165) is 35.2 Å². The molecule has 2 N–H and O–H groups in total. The number of thiocarbonyl (C=S) groups is 1. The Morgan fingerprint density at radius 1 is 0.906 bits per heavy atom. The first-order valence-electron chi connectivity index (χ1n) is 10.8. The van der Waals surface area contributed by atoms with Crippen molar-refractivity contribution in [1.82, 2.24) is 10.2 Å². The lowest BCUT2D eigenvalue weighted by atomic mass is 10.0. The van der Waals surface area contributed by atoms with Gasteiger partial charge in [-0.05, 0) is 41.2 Å². The van der Waals surface area contributed by atoms with E-state index in [9.17, 15) is 9.59 Å². The van der Waals surface area contributed by atoms with Crippen molar-refractivity contribution in [2.45, 2.75) is 13.3 Å². The third kappa shape index (κ3) is 4.73. The van der Waals surface area contributed by atoms with E-state index in [4.69, 9.17) is 12.2 Å². The maximum atomic E-state index is 12.9. The summed E-state index contributed by atoms with van der Waals surface area (Å²) in [5.74, 6) is -0.0585. The molecule has 1 fully saturated rings. The van der Waals surface area contributed by atoms with Crippen LogP contribution in [0.5, 0.6) is 0 Å². The Balaban J connectivity index is 1.44. The van der Waals surface area contributed by atoms with Gasteiger partial charge >= 0.3 is 0 Å². The summed E-state index contributed by atoms with van der Waals surface area (Å²) in [6, 6.07) is 21.3. The highest BCUT2D eigenvalue weighted by Gasteiger charge is 2.22. The molecule has 1 heterocycles. The molecule has 1 aliphatic rings. The summed E-state index contributed by atoms with van der Waals surface area (Å²) < 4.78 is 0. The molecule has 0 saturated carbocycles. The Morgan fingerprint density at radius 3 is 2.38 bits per heavy atom. The van der Waals surface area contributed by atoms with Gasteiger partial charge in [-0.15, -0.1) is 0 Å². The standard InChI is InChI=1S/C25H26N4O2S/c1-2-23(30)29-16-14-28(15-17-29)22-13-6-5-12-21(22)26-25(32)27-24(31)20-11-7-9-18-8-3-4-10-19(18)20/h3-13H,2,14-17H2,1H3,(H2,26,27,31,32). The zero-order valence-corrected chi connectivity index (χ0v) is 18.8. The maximum absolute atomic E-state index is 12.9. The second-order valence-electron chi connectivity index (χ2n) is 7.67. The number of anilines is 2. The van der Waals surface area contributed by atoms with Crippen LogP contribution in [-0.2, 0) is 4.79 Å². The zero-order chi connectivity index (χ0) is 22.5. The monoisotopic (exact) mass is 446 g/mol. The van der Waals surface area contributed by atoms with E-state index in [-0.39, 0.29) is 16.9 Å². The van der Waals surface area contributed by atoms with Crippen molar-refractivity contribution in [3.05, 3.63) is 72.3 Å². The second kappa shape index (κ2) is 9.78. The quantitative estimate of drug-likeness (QED) is 0.593. The van der Waals surface area contributed by atoms with Gasteiger partial charge in [0.05, 0.1) is 11.4 Å². The van der Waals surface area contributed by atoms with Gasteiger partial charge in [0.1, 0.15) is 0 Å². The first-order chi connectivity index (χ1) is 15.6. The normalized spacial score (nSPS) is 13.7. The van der Waals surface area contributed by atoms with Crippen molar-refractivity contribution in [3.63, 3.8) is 0 Å². The number of nitrogens with zero attached hydrogens (tertiary/aromatic N) is 2. The molecule has 3 aromatic carbocycles. The molecule has 2 amide bonds. The Kier molecular flexibility index (Phi) is 6.66. The predicted octanol–water partition coefficient (Wildman–Crippen LogP) is 4.03. The summed E-state index contributed by atoms with van der Waals surface area (Å²) in [7, 11) is 0. The summed E-state index contributed by atoms with van der Waals surface area (Å²) in [4.78, 5) is 29.0. The van der Waals surface area contributed by atoms with Crippen molar-refractivity contribution < 1.29 is 9.59 Å². The van der Waals surface area contributed by atoms with Gasteiger partial charge in [0.15, 0.2) is 5.11 Å². The van der Waals surface area contributed by atoms with Gasteiger partial charge in [0.25, 0.3) is 5.91 Å². The summed E-state index contributed by atoms with van der Waals surface area (Å²) >= 11 is 5.45. The van der Waals surface area contributed by atoms with Crippen LogP contribution in [0.4, 0.5) is 11.4 Å². The minimum absolute atomic E-state index is 0.188. The third-order valence-corrected chi connectivity index (χ3v) is 5.89. The lowest BCUT2D eigenvalue weighted by Crippen LogP contribution is -2.48. The van der Waals surface area contributed by atoms with Crippen molar-refractivity contribution in [2.75, 3.05) is 36.4 Å². The van der Waals surface area contributed by atoms with Gasteiger partial charge in [-0.3, -0.25) is 14.9 Å². The molecular weight excluding hydrogens is 420 g/mol. The molecule has 7 heteroatoms. The van der Waals surface area contributed by atoms with Crippen molar-refractivity contribution in [1.29, 1.82) is 0 Å². The Hall–Kier alpha value is -3.45. The smallest absolute Gasteiger partial charge is 0.258 e. The highest BCUT2D eigenvalue weighted by molar-refractivity contribution is 7.80. The molecule has 0 aliphatic carbocycles. The number of fused-ring (bicyclic) bond motifs is 1. The molecule has 0 atom stereocenters. The van der Waals surface area contributed by atoms with Crippen molar-refractivity contribution in [2.24, 2.45) is 0 Å². The zero-order valence-electron chi connectivity index (χ0n) is 18.0. The minimum atomic E-state index is -0.247. The molecule has 4 rings (SSSR count). The third-order valence-electron chi connectivity index (χ3n) is 5.69. The fraction of sp³-hybridized carbons (Fsp3) is 0.240. The van der Waals surface area contributed by atoms with Gasteiger partial charge in [0, 0.05) is 38.2 Å². The summed E-state index contributed by atoms with van der Waals surface area (Å²) in [5, 5.41) is 8.12. The average molecular weight is 447 g/mol. The van der Waals surface area contributed by atoms with E-state index in [2.05, 4.69) is 15.5 Å².